The fraction of sp³-hybridized carbons (Fsp3) is 0.462. The number of carbonyl (C=O) groups excluding carboxylic acids is 1. The number of carbonyl (C=O) groups is 1. The summed E-state index contributed by atoms with van der Waals surface area (Å²) in [6.45, 7) is 1.93. The maximum Gasteiger partial charge on any atom is 0.251 e. The zero-order chi connectivity index (χ0) is 14.0. The minimum atomic E-state index is -2.92. The standard InChI is InChI=1S/C13H16FNO3S/c1-9-6-11(2-3-12(9)14)13(16)15-7-10-4-5-19(17,18)8-10/h2-3,6,10H,4-5,7-8H2,1H3,(H,15,16). The monoisotopic (exact) mass is 285 g/mol. The van der Waals surface area contributed by atoms with Crippen LogP contribution in [0.2, 0.25) is 0 Å². The first kappa shape index (κ1) is 14.0. The molecule has 1 amide bonds. The van der Waals surface area contributed by atoms with Gasteiger partial charge in [-0.3, -0.25) is 4.79 Å². The largest absolute Gasteiger partial charge is 0.352 e. The van der Waals surface area contributed by atoms with Crippen LogP contribution in [0.1, 0.15) is 22.3 Å². The molecule has 1 aliphatic rings. The number of nitrogens with one attached hydrogen (secondary N) is 1. The van der Waals surface area contributed by atoms with Gasteiger partial charge in [-0.15, -0.1) is 0 Å². The van der Waals surface area contributed by atoms with Gasteiger partial charge in [0.2, 0.25) is 0 Å². The summed E-state index contributed by atoms with van der Waals surface area (Å²) in [6, 6.07) is 4.16. The van der Waals surface area contributed by atoms with E-state index < -0.39 is 9.84 Å². The van der Waals surface area contributed by atoms with Crippen LogP contribution in [-0.2, 0) is 9.84 Å². The molecule has 1 atom stereocenters. The minimum Gasteiger partial charge on any atom is -0.352 e. The van der Waals surface area contributed by atoms with Crippen LogP contribution in [0.4, 0.5) is 4.39 Å². The number of hydrogen-bond acceptors (Lipinski definition) is 3. The van der Waals surface area contributed by atoms with Crippen molar-refractivity contribution in [1.82, 2.24) is 5.32 Å². The van der Waals surface area contributed by atoms with E-state index in [1.54, 1.807) is 6.92 Å². The molecule has 1 aliphatic heterocycles. The summed E-state index contributed by atoms with van der Waals surface area (Å²) in [5.41, 5.74) is 0.802. The second-order valence-electron chi connectivity index (χ2n) is 4.94. The maximum absolute atomic E-state index is 13.1. The fourth-order valence-corrected chi connectivity index (χ4v) is 4.02. The van der Waals surface area contributed by atoms with Gasteiger partial charge in [-0.25, -0.2) is 12.8 Å². The van der Waals surface area contributed by atoms with Crippen LogP contribution in [0.5, 0.6) is 0 Å². The van der Waals surface area contributed by atoms with Gasteiger partial charge in [-0.05, 0) is 43.0 Å². The van der Waals surface area contributed by atoms with E-state index in [1.807, 2.05) is 0 Å². The Morgan fingerprint density at radius 3 is 2.79 bits per heavy atom. The Morgan fingerprint density at radius 1 is 1.47 bits per heavy atom. The highest BCUT2D eigenvalue weighted by Gasteiger charge is 2.27. The molecule has 0 saturated carbocycles. The second kappa shape index (κ2) is 5.28. The van der Waals surface area contributed by atoms with Gasteiger partial charge in [0.15, 0.2) is 9.84 Å². The van der Waals surface area contributed by atoms with Crippen molar-refractivity contribution >= 4 is 15.7 Å². The lowest BCUT2D eigenvalue weighted by atomic mass is 10.1. The van der Waals surface area contributed by atoms with E-state index in [0.717, 1.165) is 0 Å². The van der Waals surface area contributed by atoms with Crippen molar-refractivity contribution in [2.75, 3.05) is 18.1 Å². The summed E-state index contributed by atoms with van der Waals surface area (Å²) >= 11 is 0. The van der Waals surface area contributed by atoms with E-state index in [2.05, 4.69) is 5.32 Å². The molecule has 2 rings (SSSR count). The molecule has 0 aliphatic carbocycles. The maximum atomic E-state index is 13.1. The van der Waals surface area contributed by atoms with E-state index in [9.17, 15) is 17.6 Å². The van der Waals surface area contributed by atoms with Gasteiger partial charge in [-0.2, -0.15) is 0 Å². The predicted molar refractivity (Wildman–Crippen MR) is 70.2 cm³/mol. The smallest absolute Gasteiger partial charge is 0.251 e. The summed E-state index contributed by atoms with van der Waals surface area (Å²) in [6.07, 6.45) is 0.588. The molecule has 1 aromatic rings. The lowest BCUT2D eigenvalue weighted by molar-refractivity contribution is 0.0948. The van der Waals surface area contributed by atoms with Crippen molar-refractivity contribution in [3.8, 4) is 0 Å². The van der Waals surface area contributed by atoms with Gasteiger partial charge in [-0.1, -0.05) is 0 Å². The summed E-state index contributed by atoms with van der Waals surface area (Å²) in [7, 11) is -2.92. The van der Waals surface area contributed by atoms with Crippen LogP contribution in [0.25, 0.3) is 0 Å². The molecule has 1 saturated heterocycles. The molecule has 1 aromatic carbocycles. The van der Waals surface area contributed by atoms with Crippen LogP contribution >= 0.6 is 0 Å². The molecular weight excluding hydrogens is 269 g/mol. The summed E-state index contributed by atoms with van der Waals surface area (Å²) < 4.78 is 35.6. The zero-order valence-electron chi connectivity index (χ0n) is 10.6. The lowest BCUT2D eigenvalue weighted by Crippen LogP contribution is -2.29. The highest BCUT2D eigenvalue weighted by atomic mass is 32.2. The van der Waals surface area contributed by atoms with Gasteiger partial charge in [0, 0.05) is 12.1 Å². The molecule has 0 spiro atoms. The SMILES string of the molecule is Cc1cc(C(=O)NCC2CCS(=O)(=O)C2)ccc1F. The zero-order valence-corrected chi connectivity index (χ0v) is 11.5. The number of aryl methyl sites for hydroxylation is 1. The van der Waals surface area contributed by atoms with Crippen molar-refractivity contribution in [3.05, 3.63) is 35.1 Å². The van der Waals surface area contributed by atoms with Gasteiger partial charge < -0.3 is 5.32 Å². The molecule has 104 valence electrons. The highest BCUT2D eigenvalue weighted by molar-refractivity contribution is 7.91. The van der Waals surface area contributed by atoms with Crippen molar-refractivity contribution in [2.45, 2.75) is 13.3 Å². The Labute approximate surface area is 111 Å². The number of hydrogen-bond donors (Lipinski definition) is 1. The average Bonchev–Trinajstić information content (AvgIpc) is 2.69. The first-order chi connectivity index (χ1) is 8.87. The van der Waals surface area contributed by atoms with E-state index in [4.69, 9.17) is 0 Å². The Balaban J connectivity index is 1.93. The Hall–Kier alpha value is -1.43. The molecule has 19 heavy (non-hydrogen) atoms. The lowest BCUT2D eigenvalue weighted by Gasteiger charge is -2.10. The van der Waals surface area contributed by atoms with Gasteiger partial charge in [0.1, 0.15) is 5.82 Å². The van der Waals surface area contributed by atoms with E-state index in [0.29, 0.717) is 24.1 Å². The summed E-state index contributed by atoms with van der Waals surface area (Å²) in [5, 5.41) is 2.70. The highest BCUT2D eigenvalue weighted by Crippen LogP contribution is 2.17. The number of benzene rings is 1. The van der Waals surface area contributed by atoms with Crippen molar-refractivity contribution in [1.29, 1.82) is 0 Å². The third kappa shape index (κ3) is 3.53. The third-order valence-electron chi connectivity index (χ3n) is 3.30. The van der Waals surface area contributed by atoms with Crippen molar-refractivity contribution in [2.24, 2.45) is 5.92 Å². The molecule has 0 bridgehead atoms. The van der Waals surface area contributed by atoms with Crippen molar-refractivity contribution < 1.29 is 17.6 Å². The number of rotatable bonds is 3. The first-order valence-corrected chi connectivity index (χ1v) is 7.94. The fourth-order valence-electron chi connectivity index (χ4n) is 2.16. The number of amides is 1. The van der Waals surface area contributed by atoms with Crippen LogP contribution in [0.3, 0.4) is 0 Å². The summed E-state index contributed by atoms with van der Waals surface area (Å²) in [5.74, 6) is -0.333. The summed E-state index contributed by atoms with van der Waals surface area (Å²) in [4.78, 5) is 11.8. The predicted octanol–water partition coefficient (Wildman–Crippen LogP) is 1.30. The van der Waals surface area contributed by atoms with Crippen LogP contribution < -0.4 is 5.32 Å². The van der Waals surface area contributed by atoms with Crippen LogP contribution in [-0.4, -0.2) is 32.4 Å². The normalized spacial score (nSPS) is 21.3. The first-order valence-electron chi connectivity index (χ1n) is 6.12. The average molecular weight is 285 g/mol. The second-order valence-corrected chi connectivity index (χ2v) is 7.17. The third-order valence-corrected chi connectivity index (χ3v) is 5.14. The molecule has 1 unspecified atom stereocenters. The van der Waals surface area contributed by atoms with E-state index >= 15 is 0 Å². The van der Waals surface area contributed by atoms with Crippen LogP contribution in [0.15, 0.2) is 18.2 Å². The molecule has 1 fully saturated rings. The van der Waals surface area contributed by atoms with Crippen molar-refractivity contribution in [3.63, 3.8) is 0 Å². The molecule has 4 nitrogen and oxygen atoms in total. The van der Waals surface area contributed by atoms with E-state index in [1.165, 1.54) is 18.2 Å². The van der Waals surface area contributed by atoms with Gasteiger partial charge in [0.25, 0.3) is 5.91 Å². The topological polar surface area (TPSA) is 63.2 Å². The molecule has 0 radical (unpaired) electrons. The Morgan fingerprint density at radius 2 is 2.21 bits per heavy atom. The number of sulfone groups is 1. The molecule has 1 heterocycles. The Kier molecular flexibility index (Phi) is 3.89. The van der Waals surface area contributed by atoms with Gasteiger partial charge in [0.05, 0.1) is 11.5 Å². The van der Waals surface area contributed by atoms with Gasteiger partial charge >= 0.3 is 0 Å². The van der Waals surface area contributed by atoms with Crippen LogP contribution in [0, 0.1) is 18.7 Å². The molecule has 1 N–H and O–H groups in total. The van der Waals surface area contributed by atoms with E-state index in [-0.39, 0.29) is 29.1 Å². The molecule has 6 heteroatoms. The molecular formula is C13H16FNO3S. The Bertz CT molecular complexity index is 598. The minimum absolute atomic E-state index is 0.0181. The molecule has 0 aromatic heterocycles. The quantitative estimate of drug-likeness (QED) is 0.910. The number of halogens is 1.